The first-order chi connectivity index (χ1) is 17.0. The highest BCUT2D eigenvalue weighted by Crippen LogP contribution is 2.24. The Kier molecular flexibility index (Phi) is 8.42. The van der Waals surface area contributed by atoms with Crippen LogP contribution in [0.2, 0.25) is 0 Å². The Labute approximate surface area is 210 Å². The lowest BCUT2D eigenvalue weighted by atomic mass is 10.1. The molecule has 0 radical (unpaired) electrons. The minimum atomic E-state index is -0.640. The summed E-state index contributed by atoms with van der Waals surface area (Å²) in [5.41, 5.74) is 0.990. The molecule has 0 spiro atoms. The molecule has 3 aromatic rings. The van der Waals surface area contributed by atoms with Crippen molar-refractivity contribution in [1.82, 2.24) is 19.9 Å². The summed E-state index contributed by atoms with van der Waals surface area (Å²) in [7, 11) is 1.56. The van der Waals surface area contributed by atoms with Gasteiger partial charge in [0.15, 0.2) is 0 Å². The molecule has 3 N–H and O–H groups in total. The van der Waals surface area contributed by atoms with Gasteiger partial charge in [0.05, 0.1) is 6.04 Å². The number of benzene rings is 1. The highest BCUT2D eigenvalue weighted by atomic mass is 16.6. The van der Waals surface area contributed by atoms with Gasteiger partial charge >= 0.3 is 6.09 Å². The minimum Gasteiger partial charge on any atom is -0.444 e. The van der Waals surface area contributed by atoms with Crippen molar-refractivity contribution in [3.05, 3.63) is 70.8 Å². The molecule has 1 aromatic carbocycles. The second-order valence-electron chi connectivity index (χ2n) is 9.35. The van der Waals surface area contributed by atoms with Crippen LogP contribution in [0.4, 0.5) is 16.4 Å². The molecule has 10 nitrogen and oxygen atoms in total. The monoisotopic (exact) mass is 492 g/mol. The van der Waals surface area contributed by atoms with E-state index in [1.54, 1.807) is 52.3 Å². The van der Waals surface area contributed by atoms with E-state index in [0.717, 1.165) is 5.56 Å². The number of hydrogen-bond donors (Lipinski definition) is 3. The van der Waals surface area contributed by atoms with E-state index in [1.807, 2.05) is 30.3 Å². The molecule has 0 unspecified atom stereocenters. The zero-order valence-corrected chi connectivity index (χ0v) is 21.2. The van der Waals surface area contributed by atoms with Gasteiger partial charge in [0.2, 0.25) is 11.9 Å². The first-order valence-electron chi connectivity index (χ1n) is 11.6. The summed E-state index contributed by atoms with van der Waals surface area (Å²) >= 11 is 0. The second-order valence-corrected chi connectivity index (χ2v) is 9.35. The van der Waals surface area contributed by atoms with Crippen molar-refractivity contribution in [3.63, 3.8) is 0 Å². The molecule has 2 aromatic heterocycles. The maximum absolute atomic E-state index is 13.2. The average molecular weight is 493 g/mol. The summed E-state index contributed by atoms with van der Waals surface area (Å²) in [6.45, 7) is 7.00. The molecular formula is C26H32N6O4. The number of pyridine rings is 1. The van der Waals surface area contributed by atoms with Gasteiger partial charge in [0.25, 0.3) is 5.56 Å². The van der Waals surface area contributed by atoms with Crippen LogP contribution in [0.15, 0.2) is 59.7 Å². The fourth-order valence-electron chi connectivity index (χ4n) is 3.53. The smallest absolute Gasteiger partial charge is 0.407 e. The van der Waals surface area contributed by atoms with Crippen molar-refractivity contribution in [3.8, 4) is 11.3 Å². The fraction of sp³-hybridized carbons (Fsp3) is 0.346. The molecule has 0 saturated heterocycles. The molecule has 1 atom stereocenters. The van der Waals surface area contributed by atoms with Crippen LogP contribution in [0.5, 0.6) is 0 Å². The summed E-state index contributed by atoms with van der Waals surface area (Å²) in [6, 6.07) is 12.8. The molecular weight excluding hydrogens is 460 g/mol. The summed E-state index contributed by atoms with van der Waals surface area (Å²) in [5, 5.41) is 8.69. The van der Waals surface area contributed by atoms with Crippen molar-refractivity contribution in [2.45, 2.75) is 45.8 Å². The molecule has 0 bridgehead atoms. The van der Waals surface area contributed by atoms with Crippen LogP contribution in [0.25, 0.3) is 11.3 Å². The Morgan fingerprint density at radius 2 is 1.75 bits per heavy atom. The van der Waals surface area contributed by atoms with Gasteiger partial charge in [-0.05, 0) is 44.9 Å². The number of ether oxygens (including phenoxy) is 1. The van der Waals surface area contributed by atoms with Gasteiger partial charge in [-0.1, -0.05) is 30.3 Å². The van der Waals surface area contributed by atoms with Crippen LogP contribution < -0.4 is 21.5 Å². The van der Waals surface area contributed by atoms with E-state index in [-0.39, 0.29) is 30.1 Å². The number of rotatable bonds is 8. The molecule has 0 aliphatic rings. The van der Waals surface area contributed by atoms with E-state index in [2.05, 4.69) is 25.9 Å². The lowest BCUT2D eigenvalue weighted by Gasteiger charge is -2.24. The van der Waals surface area contributed by atoms with Crippen LogP contribution in [-0.2, 0) is 23.0 Å². The van der Waals surface area contributed by atoms with Crippen LogP contribution in [0, 0.1) is 0 Å². The van der Waals surface area contributed by atoms with Crippen molar-refractivity contribution in [2.24, 2.45) is 7.05 Å². The number of aromatic nitrogens is 3. The number of nitrogens with zero attached hydrogens (tertiary/aromatic N) is 3. The van der Waals surface area contributed by atoms with Crippen molar-refractivity contribution < 1.29 is 14.3 Å². The third-order valence-corrected chi connectivity index (χ3v) is 5.10. The maximum atomic E-state index is 13.2. The summed E-state index contributed by atoms with van der Waals surface area (Å²) in [6.07, 6.45) is 3.16. The average Bonchev–Trinajstić information content (AvgIpc) is 2.81. The number of alkyl carbamates (subject to hydrolysis) is 1. The SMILES string of the molecule is CC(=O)Nc1c(-c2ccncc2)nc(NC[C@H](Cc2ccccc2)NC(=O)OC(C)(C)C)n(C)c1=O. The molecule has 0 fully saturated rings. The van der Waals surface area contributed by atoms with Crippen LogP contribution in [0.3, 0.4) is 0 Å². The van der Waals surface area contributed by atoms with Gasteiger partial charge in [0.1, 0.15) is 17.0 Å². The normalized spacial score (nSPS) is 11.9. The van der Waals surface area contributed by atoms with Crippen LogP contribution in [-0.4, -0.2) is 44.7 Å². The Bertz CT molecular complexity index is 1250. The summed E-state index contributed by atoms with van der Waals surface area (Å²) < 4.78 is 6.76. The lowest BCUT2D eigenvalue weighted by Crippen LogP contribution is -2.44. The molecule has 3 rings (SSSR count). The largest absolute Gasteiger partial charge is 0.444 e. The molecule has 0 aliphatic heterocycles. The summed E-state index contributed by atoms with van der Waals surface area (Å²) in [5.74, 6) is -0.0978. The van der Waals surface area contributed by atoms with Gasteiger partial charge in [0, 0.05) is 38.5 Å². The first-order valence-corrected chi connectivity index (χ1v) is 11.6. The van der Waals surface area contributed by atoms with E-state index in [4.69, 9.17) is 4.74 Å². The van der Waals surface area contributed by atoms with Crippen LogP contribution >= 0.6 is 0 Å². The fourth-order valence-corrected chi connectivity index (χ4v) is 3.53. The van der Waals surface area contributed by atoms with E-state index >= 15 is 0 Å². The number of nitrogens with one attached hydrogen (secondary N) is 3. The standard InChI is InChI=1S/C26H32N6O4/c1-17(33)29-22-21(19-11-13-27-14-12-19)31-24(32(5)23(22)34)28-16-20(15-18-9-7-6-8-10-18)30-25(35)36-26(2,3)4/h6-14,20H,15-16H2,1-5H3,(H,28,31)(H,29,33)(H,30,35)/t20-/m0/s1. The van der Waals surface area contributed by atoms with Gasteiger partial charge < -0.3 is 20.7 Å². The van der Waals surface area contributed by atoms with Crippen molar-refractivity contribution in [1.29, 1.82) is 0 Å². The molecule has 2 heterocycles. The van der Waals surface area contributed by atoms with Gasteiger partial charge in [-0.2, -0.15) is 0 Å². The quantitative estimate of drug-likeness (QED) is 0.440. The Hall–Kier alpha value is -4.21. The van der Waals surface area contributed by atoms with Gasteiger partial charge in [-0.15, -0.1) is 0 Å². The number of amides is 2. The van der Waals surface area contributed by atoms with Crippen molar-refractivity contribution >= 4 is 23.6 Å². The first kappa shape index (κ1) is 26.4. The molecule has 36 heavy (non-hydrogen) atoms. The van der Waals surface area contributed by atoms with Crippen LogP contribution in [0.1, 0.15) is 33.3 Å². The number of hydrogen-bond acceptors (Lipinski definition) is 7. The predicted molar refractivity (Wildman–Crippen MR) is 139 cm³/mol. The Morgan fingerprint density at radius 1 is 1.08 bits per heavy atom. The number of carbonyl (C=O) groups excluding carboxylic acids is 2. The second kappa shape index (κ2) is 11.5. The maximum Gasteiger partial charge on any atom is 0.407 e. The van der Waals surface area contributed by atoms with Gasteiger partial charge in [-0.3, -0.25) is 19.1 Å². The number of anilines is 2. The third-order valence-electron chi connectivity index (χ3n) is 5.10. The third kappa shape index (κ3) is 7.39. The zero-order valence-electron chi connectivity index (χ0n) is 21.2. The van der Waals surface area contributed by atoms with E-state index in [9.17, 15) is 14.4 Å². The molecule has 10 heteroatoms. The molecule has 0 aliphatic carbocycles. The summed E-state index contributed by atoms with van der Waals surface area (Å²) in [4.78, 5) is 46.1. The predicted octanol–water partition coefficient (Wildman–Crippen LogP) is 3.35. The molecule has 2 amide bonds. The zero-order chi connectivity index (χ0) is 26.3. The Morgan fingerprint density at radius 3 is 2.36 bits per heavy atom. The van der Waals surface area contributed by atoms with E-state index in [0.29, 0.717) is 17.7 Å². The minimum absolute atomic E-state index is 0.0782. The topological polar surface area (TPSA) is 127 Å². The van der Waals surface area contributed by atoms with E-state index < -0.39 is 17.3 Å². The lowest BCUT2D eigenvalue weighted by molar-refractivity contribution is -0.114. The van der Waals surface area contributed by atoms with Crippen molar-refractivity contribution in [2.75, 3.05) is 17.2 Å². The molecule has 190 valence electrons. The van der Waals surface area contributed by atoms with Gasteiger partial charge in [-0.25, -0.2) is 9.78 Å². The van der Waals surface area contributed by atoms with E-state index in [1.165, 1.54) is 11.5 Å². The molecule has 0 saturated carbocycles. The highest BCUT2D eigenvalue weighted by molar-refractivity contribution is 5.93. The number of carbonyl (C=O) groups is 2. The highest BCUT2D eigenvalue weighted by Gasteiger charge is 2.22. The Balaban J connectivity index is 1.91.